The van der Waals surface area contributed by atoms with E-state index in [2.05, 4.69) is 47.8 Å². The molecule has 0 saturated carbocycles. The Morgan fingerprint density at radius 1 is 1.35 bits per heavy atom. The van der Waals surface area contributed by atoms with Gasteiger partial charge in [-0.2, -0.15) is 0 Å². The Balaban J connectivity index is 2.16. The molecule has 2 N–H and O–H groups in total. The molecule has 2 rings (SSSR count). The van der Waals surface area contributed by atoms with Crippen molar-refractivity contribution < 1.29 is 0 Å². The lowest BCUT2D eigenvalue weighted by Gasteiger charge is -2.32. The van der Waals surface area contributed by atoms with Crippen molar-refractivity contribution >= 4 is 5.69 Å². The molecule has 1 saturated heterocycles. The summed E-state index contributed by atoms with van der Waals surface area (Å²) in [4.78, 5) is 9.51. The molecule has 1 aromatic heterocycles. The lowest BCUT2D eigenvalue weighted by atomic mass is 10.1. The van der Waals surface area contributed by atoms with E-state index in [1.807, 2.05) is 6.20 Å². The highest BCUT2D eigenvalue weighted by molar-refractivity contribution is 5.46. The van der Waals surface area contributed by atoms with Crippen LogP contribution in [0.25, 0.3) is 0 Å². The van der Waals surface area contributed by atoms with Crippen molar-refractivity contribution in [1.82, 2.24) is 9.88 Å². The Kier molecular flexibility index (Phi) is 5.38. The first-order chi connectivity index (χ1) is 9.65. The summed E-state index contributed by atoms with van der Waals surface area (Å²) in [6.07, 6.45) is 5.31. The first-order valence-electron chi connectivity index (χ1n) is 7.82. The van der Waals surface area contributed by atoms with Gasteiger partial charge in [-0.05, 0) is 45.0 Å². The zero-order valence-electron chi connectivity index (χ0n) is 13.0. The average molecular weight is 276 g/mol. The van der Waals surface area contributed by atoms with Crippen LogP contribution in [0.5, 0.6) is 0 Å². The van der Waals surface area contributed by atoms with Crippen molar-refractivity contribution in [3.8, 4) is 0 Å². The fraction of sp³-hybridized carbons (Fsp3) is 0.688. The third-order valence-corrected chi connectivity index (χ3v) is 4.30. The second-order valence-electron chi connectivity index (χ2n) is 5.83. The van der Waals surface area contributed by atoms with Crippen molar-refractivity contribution in [3.05, 3.63) is 24.0 Å². The standard InChI is InChI=1S/C16H28N4/c1-4-13-12-19(3)9-6-10-20(13)14-7-8-16(18-11-14)15(17)5-2/h7-8,11,13,15H,4-6,9-10,12,17H2,1-3H3/t13?,15-/m1/s1. The summed E-state index contributed by atoms with van der Waals surface area (Å²) < 4.78 is 0. The fourth-order valence-electron chi connectivity index (χ4n) is 2.93. The Bertz CT molecular complexity index is 403. The molecule has 2 heterocycles. The maximum atomic E-state index is 6.04. The number of aromatic nitrogens is 1. The van der Waals surface area contributed by atoms with Crippen LogP contribution < -0.4 is 10.6 Å². The van der Waals surface area contributed by atoms with Crippen LogP contribution in [0, 0.1) is 0 Å². The molecule has 4 heteroatoms. The van der Waals surface area contributed by atoms with E-state index in [1.165, 1.54) is 25.1 Å². The number of anilines is 1. The van der Waals surface area contributed by atoms with E-state index in [-0.39, 0.29) is 6.04 Å². The Labute approximate surface area is 123 Å². The van der Waals surface area contributed by atoms with Crippen molar-refractivity contribution in [2.45, 2.75) is 45.2 Å². The minimum absolute atomic E-state index is 0.0567. The molecule has 1 aliphatic heterocycles. The zero-order chi connectivity index (χ0) is 14.5. The molecular weight excluding hydrogens is 248 g/mol. The van der Waals surface area contributed by atoms with Crippen molar-refractivity contribution in [2.24, 2.45) is 5.73 Å². The van der Waals surface area contributed by atoms with E-state index in [1.54, 1.807) is 0 Å². The van der Waals surface area contributed by atoms with Gasteiger partial charge in [-0.15, -0.1) is 0 Å². The van der Waals surface area contributed by atoms with Crippen LogP contribution in [0.15, 0.2) is 18.3 Å². The van der Waals surface area contributed by atoms with E-state index < -0.39 is 0 Å². The molecule has 112 valence electrons. The van der Waals surface area contributed by atoms with Gasteiger partial charge in [0.25, 0.3) is 0 Å². The molecule has 0 spiro atoms. The highest BCUT2D eigenvalue weighted by atomic mass is 15.2. The van der Waals surface area contributed by atoms with E-state index in [4.69, 9.17) is 5.73 Å². The fourth-order valence-corrected chi connectivity index (χ4v) is 2.93. The topological polar surface area (TPSA) is 45.4 Å². The molecule has 0 aliphatic carbocycles. The van der Waals surface area contributed by atoms with E-state index >= 15 is 0 Å². The minimum Gasteiger partial charge on any atom is -0.366 e. The molecule has 2 atom stereocenters. The second-order valence-corrected chi connectivity index (χ2v) is 5.83. The Morgan fingerprint density at radius 3 is 2.75 bits per heavy atom. The summed E-state index contributed by atoms with van der Waals surface area (Å²) in [7, 11) is 2.22. The van der Waals surface area contributed by atoms with Crippen molar-refractivity contribution in [2.75, 3.05) is 31.6 Å². The molecule has 4 nitrogen and oxygen atoms in total. The minimum atomic E-state index is 0.0567. The number of likely N-dealkylation sites (N-methyl/N-ethyl adjacent to an activating group) is 1. The third kappa shape index (κ3) is 3.49. The normalized spacial score (nSPS) is 22.6. The van der Waals surface area contributed by atoms with Gasteiger partial charge in [-0.1, -0.05) is 13.8 Å². The van der Waals surface area contributed by atoms with Crippen LogP contribution in [0.3, 0.4) is 0 Å². The number of rotatable bonds is 4. The number of hydrogen-bond donors (Lipinski definition) is 1. The largest absolute Gasteiger partial charge is 0.366 e. The van der Waals surface area contributed by atoms with Crippen LogP contribution in [-0.2, 0) is 0 Å². The number of pyridine rings is 1. The summed E-state index contributed by atoms with van der Waals surface area (Å²) in [6.45, 7) is 7.79. The maximum absolute atomic E-state index is 6.04. The molecule has 0 aromatic carbocycles. The van der Waals surface area contributed by atoms with Gasteiger partial charge in [-0.3, -0.25) is 4.98 Å². The Morgan fingerprint density at radius 2 is 2.15 bits per heavy atom. The molecule has 1 aliphatic rings. The quantitative estimate of drug-likeness (QED) is 0.917. The van der Waals surface area contributed by atoms with Gasteiger partial charge in [0.1, 0.15) is 0 Å². The van der Waals surface area contributed by atoms with Gasteiger partial charge in [0, 0.05) is 25.2 Å². The van der Waals surface area contributed by atoms with Crippen LogP contribution in [0.2, 0.25) is 0 Å². The van der Waals surface area contributed by atoms with E-state index in [9.17, 15) is 0 Å². The van der Waals surface area contributed by atoms with E-state index in [0.29, 0.717) is 6.04 Å². The number of nitrogens with zero attached hydrogens (tertiary/aromatic N) is 3. The summed E-state index contributed by atoms with van der Waals surface area (Å²) in [5.41, 5.74) is 8.27. The van der Waals surface area contributed by atoms with Crippen molar-refractivity contribution in [3.63, 3.8) is 0 Å². The van der Waals surface area contributed by atoms with Gasteiger partial charge in [0.2, 0.25) is 0 Å². The highest BCUT2D eigenvalue weighted by Crippen LogP contribution is 2.22. The summed E-state index contributed by atoms with van der Waals surface area (Å²) >= 11 is 0. The predicted molar refractivity (Wildman–Crippen MR) is 85.0 cm³/mol. The molecule has 1 aromatic rings. The van der Waals surface area contributed by atoms with Crippen LogP contribution in [-0.4, -0.2) is 42.6 Å². The monoisotopic (exact) mass is 276 g/mol. The molecule has 1 unspecified atom stereocenters. The smallest absolute Gasteiger partial charge is 0.0572 e. The average Bonchev–Trinajstić information content (AvgIpc) is 2.67. The first-order valence-corrected chi connectivity index (χ1v) is 7.82. The van der Waals surface area contributed by atoms with Gasteiger partial charge in [0.05, 0.1) is 17.6 Å². The van der Waals surface area contributed by atoms with Gasteiger partial charge in [0.15, 0.2) is 0 Å². The van der Waals surface area contributed by atoms with Crippen molar-refractivity contribution in [1.29, 1.82) is 0 Å². The number of hydrogen-bond acceptors (Lipinski definition) is 4. The predicted octanol–water partition coefficient (Wildman–Crippen LogP) is 2.41. The summed E-state index contributed by atoms with van der Waals surface area (Å²) in [6, 6.07) is 4.91. The summed E-state index contributed by atoms with van der Waals surface area (Å²) in [5.74, 6) is 0. The maximum Gasteiger partial charge on any atom is 0.0572 e. The lowest BCUT2D eigenvalue weighted by Crippen LogP contribution is -2.39. The molecule has 0 amide bonds. The van der Waals surface area contributed by atoms with Crippen LogP contribution >= 0.6 is 0 Å². The zero-order valence-corrected chi connectivity index (χ0v) is 13.0. The SMILES string of the molecule is CCC1CN(C)CCCN1c1ccc([C@H](N)CC)nc1. The highest BCUT2D eigenvalue weighted by Gasteiger charge is 2.22. The lowest BCUT2D eigenvalue weighted by molar-refractivity contribution is 0.328. The molecule has 20 heavy (non-hydrogen) atoms. The first kappa shape index (κ1) is 15.3. The number of nitrogens with two attached hydrogens (primary N) is 1. The molecular formula is C16H28N4. The molecule has 0 radical (unpaired) electrons. The molecule has 1 fully saturated rings. The van der Waals surface area contributed by atoms with Crippen LogP contribution in [0.1, 0.15) is 44.8 Å². The second kappa shape index (κ2) is 7.04. The van der Waals surface area contributed by atoms with Gasteiger partial charge < -0.3 is 15.5 Å². The third-order valence-electron chi connectivity index (χ3n) is 4.30. The Hall–Kier alpha value is -1.13. The summed E-state index contributed by atoms with van der Waals surface area (Å²) in [5, 5.41) is 0. The van der Waals surface area contributed by atoms with Gasteiger partial charge >= 0.3 is 0 Å². The molecule has 0 bridgehead atoms. The van der Waals surface area contributed by atoms with E-state index in [0.717, 1.165) is 25.2 Å². The van der Waals surface area contributed by atoms with Crippen LogP contribution in [0.4, 0.5) is 5.69 Å². The van der Waals surface area contributed by atoms with Gasteiger partial charge in [-0.25, -0.2) is 0 Å².